The van der Waals surface area contributed by atoms with E-state index in [9.17, 15) is 18.3 Å². The molecule has 4 rings (SSSR count). The van der Waals surface area contributed by atoms with E-state index in [1.165, 1.54) is 0 Å². The summed E-state index contributed by atoms with van der Waals surface area (Å²) in [6, 6.07) is 7.17. The first kappa shape index (κ1) is 18.5. The van der Waals surface area contributed by atoms with Gasteiger partial charge in [0.05, 0.1) is 11.5 Å². The number of fused-ring (bicyclic) bond motifs is 1. The smallest absolute Gasteiger partial charge is 0.325 e. The third kappa shape index (κ3) is 3.49. The molecule has 0 bridgehead atoms. The van der Waals surface area contributed by atoms with Crippen LogP contribution in [0.2, 0.25) is 0 Å². The van der Waals surface area contributed by atoms with Crippen LogP contribution in [-0.4, -0.2) is 78.0 Å². The molecule has 2 N–H and O–H groups in total. The molecule has 1 aromatic heterocycles. The van der Waals surface area contributed by atoms with Crippen molar-refractivity contribution in [3.63, 3.8) is 0 Å². The summed E-state index contributed by atoms with van der Waals surface area (Å²) in [5.41, 5.74) is 2.66. The Morgan fingerprint density at radius 2 is 1.93 bits per heavy atom. The Hall–Kier alpha value is -1.90. The summed E-state index contributed by atoms with van der Waals surface area (Å²) in [5, 5.41) is 10.9. The minimum atomic E-state index is -2.91. The molecule has 0 aliphatic carbocycles. The lowest BCUT2D eigenvalue weighted by Gasteiger charge is -2.40. The van der Waals surface area contributed by atoms with Crippen LogP contribution in [0, 0.1) is 6.92 Å². The molecule has 2 atom stereocenters. The van der Waals surface area contributed by atoms with Gasteiger partial charge in [-0.05, 0) is 19.4 Å². The van der Waals surface area contributed by atoms with Gasteiger partial charge in [0.15, 0.2) is 9.84 Å². The van der Waals surface area contributed by atoms with E-state index >= 15 is 0 Å². The number of para-hydroxylation sites is 1. The Kier molecular flexibility index (Phi) is 4.73. The average Bonchev–Trinajstić information content (AvgIpc) is 3.15. The van der Waals surface area contributed by atoms with Crippen LogP contribution in [0.15, 0.2) is 24.3 Å². The van der Waals surface area contributed by atoms with Crippen LogP contribution in [-0.2, 0) is 14.6 Å². The summed E-state index contributed by atoms with van der Waals surface area (Å²) in [7, 11) is -2.91. The van der Waals surface area contributed by atoms with Crippen molar-refractivity contribution >= 4 is 26.7 Å². The lowest BCUT2D eigenvalue weighted by Crippen LogP contribution is -2.52. The SMILES string of the molecule is Cc1[nH]c2ccccc2c1C(C(=O)O)N1CCN(C2CCS(=O)(=O)C2)CC1. The topological polar surface area (TPSA) is 93.7 Å². The van der Waals surface area contributed by atoms with E-state index in [2.05, 4.69) is 9.88 Å². The monoisotopic (exact) mass is 391 g/mol. The standard InChI is InChI=1S/C19H25N3O4S/c1-13-17(15-4-2-3-5-16(15)20-13)18(19(23)24)22-9-7-21(8-10-22)14-6-11-27(25,26)12-14/h2-5,14,18,20H,6-12H2,1H3,(H,23,24). The number of hydrogen-bond acceptors (Lipinski definition) is 5. The number of aromatic amines is 1. The molecule has 2 fully saturated rings. The van der Waals surface area contributed by atoms with Crippen LogP contribution >= 0.6 is 0 Å². The fourth-order valence-electron chi connectivity index (χ4n) is 4.54. The molecule has 0 saturated carbocycles. The van der Waals surface area contributed by atoms with Crippen molar-refractivity contribution in [3.8, 4) is 0 Å². The Bertz CT molecular complexity index is 960. The Morgan fingerprint density at radius 3 is 2.56 bits per heavy atom. The number of rotatable bonds is 4. The van der Waals surface area contributed by atoms with Gasteiger partial charge in [0.25, 0.3) is 0 Å². The van der Waals surface area contributed by atoms with Gasteiger partial charge < -0.3 is 10.1 Å². The van der Waals surface area contributed by atoms with Crippen molar-refractivity contribution in [3.05, 3.63) is 35.5 Å². The molecule has 2 aromatic rings. The minimum absolute atomic E-state index is 0.0789. The number of aromatic nitrogens is 1. The van der Waals surface area contributed by atoms with Gasteiger partial charge in [-0.15, -0.1) is 0 Å². The first-order valence-corrected chi connectivity index (χ1v) is 11.2. The molecule has 0 amide bonds. The van der Waals surface area contributed by atoms with Crippen LogP contribution < -0.4 is 0 Å². The molecule has 8 heteroatoms. The number of hydrogen-bond donors (Lipinski definition) is 2. The summed E-state index contributed by atoms with van der Waals surface area (Å²) < 4.78 is 23.5. The maximum Gasteiger partial charge on any atom is 0.325 e. The molecule has 1 aromatic carbocycles. The van der Waals surface area contributed by atoms with E-state index in [-0.39, 0.29) is 17.5 Å². The van der Waals surface area contributed by atoms with Crippen molar-refractivity contribution in [1.82, 2.24) is 14.8 Å². The number of nitrogens with zero attached hydrogens (tertiary/aromatic N) is 2. The fraction of sp³-hybridized carbons (Fsp3) is 0.526. The van der Waals surface area contributed by atoms with E-state index in [4.69, 9.17) is 0 Å². The number of aliphatic carboxylic acids is 1. The summed E-state index contributed by atoms with van der Waals surface area (Å²) in [6.45, 7) is 4.56. The lowest BCUT2D eigenvalue weighted by molar-refractivity contribution is -0.144. The highest BCUT2D eigenvalue weighted by Crippen LogP contribution is 2.33. The molecule has 2 saturated heterocycles. The van der Waals surface area contributed by atoms with Gasteiger partial charge in [0.2, 0.25) is 0 Å². The zero-order valence-corrected chi connectivity index (χ0v) is 16.2. The Labute approximate surface area is 158 Å². The number of sulfone groups is 1. The Balaban J connectivity index is 1.54. The van der Waals surface area contributed by atoms with Crippen molar-refractivity contribution < 1.29 is 18.3 Å². The maximum atomic E-state index is 12.2. The van der Waals surface area contributed by atoms with Crippen LogP contribution in [0.4, 0.5) is 0 Å². The van der Waals surface area contributed by atoms with Crippen molar-refractivity contribution in [2.45, 2.75) is 25.4 Å². The number of carboxylic acids is 1. The predicted molar refractivity (Wildman–Crippen MR) is 104 cm³/mol. The van der Waals surface area contributed by atoms with Crippen molar-refractivity contribution in [2.75, 3.05) is 37.7 Å². The van der Waals surface area contributed by atoms with Gasteiger partial charge in [-0.3, -0.25) is 14.6 Å². The van der Waals surface area contributed by atoms with Crippen molar-refractivity contribution in [2.24, 2.45) is 0 Å². The van der Waals surface area contributed by atoms with Crippen LogP contribution in [0.1, 0.15) is 23.7 Å². The lowest BCUT2D eigenvalue weighted by atomic mass is 10.0. The summed E-state index contributed by atoms with van der Waals surface area (Å²) in [6.07, 6.45) is 0.687. The molecule has 146 valence electrons. The highest BCUT2D eigenvalue weighted by atomic mass is 32.2. The molecule has 3 heterocycles. The summed E-state index contributed by atoms with van der Waals surface area (Å²) in [4.78, 5) is 19.7. The van der Waals surface area contributed by atoms with Gasteiger partial charge in [0, 0.05) is 54.4 Å². The molecular formula is C19H25N3O4S. The quantitative estimate of drug-likeness (QED) is 0.818. The minimum Gasteiger partial charge on any atom is -0.480 e. The van der Waals surface area contributed by atoms with E-state index < -0.39 is 21.8 Å². The third-order valence-corrected chi connectivity index (χ3v) is 7.64. The van der Waals surface area contributed by atoms with Gasteiger partial charge >= 0.3 is 5.97 Å². The molecule has 2 unspecified atom stereocenters. The molecule has 7 nitrogen and oxygen atoms in total. The van der Waals surface area contributed by atoms with Crippen LogP contribution in [0.25, 0.3) is 10.9 Å². The van der Waals surface area contributed by atoms with Crippen LogP contribution in [0.3, 0.4) is 0 Å². The highest BCUT2D eigenvalue weighted by molar-refractivity contribution is 7.91. The zero-order chi connectivity index (χ0) is 19.2. The van der Waals surface area contributed by atoms with Crippen molar-refractivity contribution in [1.29, 1.82) is 0 Å². The maximum absolute atomic E-state index is 12.2. The van der Waals surface area contributed by atoms with E-state index in [0.29, 0.717) is 32.6 Å². The van der Waals surface area contributed by atoms with Gasteiger partial charge in [-0.1, -0.05) is 18.2 Å². The fourth-order valence-corrected chi connectivity index (χ4v) is 6.30. The molecular weight excluding hydrogens is 366 g/mol. The highest BCUT2D eigenvalue weighted by Gasteiger charge is 2.37. The second-order valence-corrected chi connectivity index (χ2v) is 9.81. The second-order valence-electron chi connectivity index (χ2n) is 7.58. The first-order valence-electron chi connectivity index (χ1n) is 9.34. The van der Waals surface area contributed by atoms with Gasteiger partial charge in [-0.25, -0.2) is 8.42 Å². The average molecular weight is 391 g/mol. The number of H-pyrrole nitrogens is 1. The Morgan fingerprint density at radius 1 is 1.22 bits per heavy atom. The zero-order valence-electron chi connectivity index (χ0n) is 15.4. The summed E-state index contributed by atoms with van der Waals surface area (Å²) in [5.74, 6) is -0.346. The molecule has 0 radical (unpaired) electrons. The second kappa shape index (κ2) is 6.92. The number of benzene rings is 1. The number of nitrogens with one attached hydrogen (secondary N) is 1. The first-order chi connectivity index (χ1) is 12.9. The van der Waals surface area contributed by atoms with E-state index in [1.54, 1.807) is 0 Å². The normalized spacial score (nSPS) is 25.0. The third-order valence-electron chi connectivity index (χ3n) is 5.89. The predicted octanol–water partition coefficient (Wildman–Crippen LogP) is 1.41. The number of carboxylic acid groups (broad SMARTS) is 1. The number of piperazine rings is 1. The van der Waals surface area contributed by atoms with Gasteiger partial charge in [0.1, 0.15) is 6.04 Å². The van der Waals surface area contributed by atoms with E-state index in [0.717, 1.165) is 22.2 Å². The molecule has 0 spiro atoms. The largest absolute Gasteiger partial charge is 0.480 e. The molecule has 2 aliphatic heterocycles. The van der Waals surface area contributed by atoms with Crippen LogP contribution in [0.5, 0.6) is 0 Å². The van der Waals surface area contributed by atoms with Gasteiger partial charge in [-0.2, -0.15) is 0 Å². The van der Waals surface area contributed by atoms with E-state index in [1.807, 2.05) is 36.1 Å². The summed E-state index contributed by atoms with van der Waals surface area (Å²) >= 11 is 0. The molecule has 27 heavy (non-hydrogen) atoms. The number of carbonyl (C=O) groups is 1. The number of aryl methyl sites for hydroxylation is 1. The molecule has 2 aliphatic rings.